The van der Waals surface area contributed by atoms with Gasteiger partial charge in [-0.05, 0) is 33.8 Å². The minimum absolute atomic E-state index is 0.229. The summed E-state index contributed by atoms with van der Waals surface area (Å²) >= 11 is 0. The highest BCUT2D eigenvalue weighted by Gasteiger charge is 2.29. The Hall–Kier alpha value is -0.780. The first-order valence-corrected chi connectivity index (χ1v) is 7.59. The molecule has 1 rings (SSSR count). The molecule has 0 radical (unpaired) electrons. The van der Waals surface area contributed by atoms with E-state index >= 15 is 0 Å². The Morgan fingerprint density at radius 3 is 1.84 bits per heavy atom. The van der Waals surface area contributed by atoms with Crippen LogP contribution in [-0.2, 0) is 10.8 Å². The summed E-state index contributed by atoms with van der Waals surface area (Å²) in [5.74, 6) is 0. The third kappa shape index (κ3) is 4.37. The fraction of sp³-hybridized carbons (Fsp3) is 0.684. The Kier molecular flexibility index (Phi) is 4.55. The van der Waals surface area contributed by atoms with Crippen LogP contribution in [0.2, 0.25) is 0 Å². The molecule has 0 heteroatoms. The van der Waals surface area contributed by atoms with Crippen LogP contribution in [0.25, 0.3) is 0 Å². The van der Waals surface area contributed by atoms with E-state index in [4.69, 9.17) is 0 Å². The Balaban J connectivity index is 3.08. The van der Waals surface area contributed by atoms with Crippen molar-refractivity contribution in [1.82, 2.24) is 0 Å². The summed E-state index contributed by atoms with van der Waals surface area (Å²) in [6.07, 6.45) is 2.46. The van der Waals surface area contributed by atoms with Crippen molar-refractivity contribution in [3.63, 3.8) is 0 Å². The molecule has 0 nitrogen and oxygen atoms in total. The van der Waals surface area contributed by atoms with Crippen LogP contribution in [0.5, 0.6) is 0 Å². The summed E-state index contributed by atoms with van der Waals surface area (Å²) < 4.78 is 0. The average Bonchev–Trinajstić information content (AvgIpc) is 2.27. The van der Waals surface area contributed by atoms with Crippen LogP contribution in [0.4, 0.5) is 0 Å². The van der Waals surface area contributed by atoms with Crippen LogP contribution < -0.4 is 0 Å². The average molecular weight is 260 g/mol. The Bertz CT molecular complexity index is 416. The molecule has 1 aromatic rings. The number of benzene rings is 1. The van der Waals surface area contributed by atoms with Gasteiger partial charge in [-0.1, -0.05) is 86.1 Å². The van der Waals surface area contributed by atoms with Gasteiger partial charge in [-0.2, -0.15) is 0 Å². The zero-order chi connectivity index (χ0) is 14.9. The van der Waals surface area contributed by atoms with Gasteiger partial charge in [0.2, 0.25) is 0 Å². The highest BCUT2D eigenvalue weighted by atomic mass is 14.3. The number of rotatable bonds is 4. The van der Waals surface area contributed by atoms with E-state index in [0.29, 0.717) is 5.41 Å². The molecule has 0 aliphatic carbocycles. The van der Waals surface area contributed by atoms with Crippen molar-refractivity contribution < 1.29 is 0 Å². The van der Waals surface area contributed by atoms with Crippen molar-refractivity contribution >= 4 is 0 Å². The molecule has 0 aromatic heterocycles. The van der Waals surface area contributed by atoms with Gasteiger partial charge in [0.25, 0.3) is 0 Å². The summed E-state index contributed by atoms with van der Waals surface area (Å²) in [4.78, 5) is 0. The molecule has 0 fully saturated rings. The lowest BCUT2D eigenvalue weighted by molar-refractivity contribution is 0.248. The van der Waals surface area contributed by atoms with Gasteiger partial charge < -0.3 is 0 Å². The third-order valence-electron chi connectivity index (χ3n) is 4.39. The van der Waals surface area contributed by atoms with E-state index in [2.05, 4.69) is 79.7 Å². The molecule has 0 spiro atoms. The zero-order valence-electron chi connectivity index (χ0n) is 14.2. The minimum Gasteiger partial charge on any atom is -0.0649 e. The SMILES string of the molecule is CCC(C)(C)CC(C)(C)c1cccc(C(C)(C)C)c1. The van der Waals surface area contributed by atoms with Crippen LogP contribution in [0.3, 0.4) is 0 Å². The first-order valence-electron chi connectivity index (χ1n) is 7.59. The molecule has 108 valence electrons. The molecule has 0 aliphatic rings. The highest BCUT2D eigenvalue weighted by Crippen LogP contribution is 2.39. The van der Waals surface area contributed by atoms with Gasteiger partial charge in [-0.15, -0.1) is 0 Å². The third-order valence-corrected chi connectivity index (χ3v) is 4.39. The topological polar surface area (TPSA) is 0 Å². The maximum Gasteiger partial charge on any atom is -0.00984 e. The molecule has 0 aliphatic heterocycles. The van der Waals surface area contributed by atoms with Gasteiger partial charge in [0.05, 0.1) is 0 Å². The molecule has 0 saturated carbocycles. The summed E-state index contributed by atoms with van der Waals surface area (Å²) in [7, 11) is 0. The number of hydrogen-bond donors (Lipinski definition) is 0. The molecule has 0 N–H and O–H groups in total. The van der Waals surface area contributed by atoms with Gasteiger partial charge >= 0.3 is 0 Å². The molecule has 0 amide bonds. The molecule has 0 saturated heterocycles. The second kappa shape index (κ2) is 5.31. The van der Waals surface area contributed by atoms with E-state index in [-0.39, 0.29) is 10.8 Å². The molecule has 0 unspecified atom stereocenters. The molecule has 0 bridgehead atoms. The summed E-state index contributed by atoms with van der Waals surface area (Å²) in [5, 5.41) is 0. The van der Waals surface area contributed by atoms with Gasteiger partial charge in [0.1, 0.15) is 0 Å². The zero-order valence-corrected chi connectivity index (χ0v) is 14.2. The van der Waals surface area contributed by atoms with Crippen molar-refractivity contribution in [2.75, 3.05) is 0 Å². The predicted molar refractivity (Wildman–Crippen MR) is 86.9 cm³/mol. The predicted octanol–water partition coefficient (Wildman–Crippen LogP) is 6.09. The lowest BCUT2D eigenvalue weighted by Crippen LogP contribution is -2.27. The monoisotopic (exact) mass is 260 g/mol. The van der Waals surface area contributed by atoms with Crippen LogP contribution in [-0.4, -0.2) is 0 Å². The molecule has 1 aromatic carbocycles. The molecule has 0 atom stereocenters. The first kappa shape index (κ1) is 16.3. The van der Waals surface area contributed by atoms with E-state index < -0.39 is 0 Å². The largest absolute Gasteiger partial charge is 0.0649 e. The van der Waals surface area contributed by atoms with Crippen molar-refractivity contribution in [1.29, 1.82) is 0 Å². The van der Waals surface area contributed by atoms with Crippen molar-refractivity contribution in [3.8, 4) is 0 Å². The normalized spacial score (nSPS) is 13.7. The van der Waals surface area contributed by atoms with Crippen molar-refractivity contribution in [3.05, 3.63) is 35.4 Å². The van der Waals surface area contributed by atoms with Crippen LogP contribution in [0, 0.1) is 5.41 Å². The highest BCUT2D eigenvalue weighted by molar-refractivity contribution is 5.33. The van der Waals surface area contributed by atoms with Crippen LogP contribution in [0.1, 0.15) is 79.4 Å². The fourth-order valence-corrected chi connectivity index (χ4v) is 2.83. The molecule has 19 heavy (non-hydrogen) atoms. The molecule has 0 heterocycles. The smallest absolute Gasteiger partial charge is 0.00984 e. The summed E-state index contributed by atoms with van der Waals surface area (Å²) in [6, 6.07) is 9.17. The Labute approximate surface area is 120 Å². The summed E-state index contributed by atoms with van der Waals surface area (Å²) in [5.41, 5.74) is 3.78. The maximum atomic E-state index is 2.41. The Morgan fingerprint density at radius 1 is 0.842 bits per heavy atom. The van der Waals surface area contributed by atoms with Gasteiger partial charge in [-0.3, -0.25) is 0 Å². The van der Waals surface area contributed by atoms with Crippen molar-refractivity contribution in [2.45, 2.75) is 79.1 Å². The first-order chi connectivity index (χ1) is 8.48. The second-order valence-corrected chi connectivity index (χ2v) is 8.41. The minimum atomic E-state index is 0.229. The quantitative estimate of drug-likeness (QED) is 0.614. The number of hydrogen-bond acceptors (Lipinski definition) is 0. The Morgan fingerprint density at radius 2 is 1.37 bits per heavy atom. The second-order valence-electron chi connectivity index (χ2n) is 8.41. The maximum absolute atomic E-state index is 2.41. The van der Waals surface area contributed by atoms with E-state index in [1.165, 1.54) is 24.0 Å². The van der Waals surface area contributed by atoms with Crippen LogP contribution in [0.15, 0.2) is 24.3 Å². The van der Waals surface area contributed by atoms with E-state index in [0.717, 1.165) is 0 Å². The van der Waals surface area contributed by atoms with E-state index in [9.17, 15) is 0 Å². The summed E-state index contributed by atoms with van der Waals surface area (Å²) in [6.45, 7) is 18.7. The van der Waals surface area contributed by atoms with Gasteiger partial charge in [0.15, 0.2) is 0 Å². The van der Waals surface area contributed by atoms with Crippen LogP contribution >= 0.6 is 0 Å². The van der Waals surface area contributed by atoms with E-state index in [1.54, 1.807) is 0 Å². The fourth-order valence-electron chi connectivity index (χ4n) is 2.83. The molecular weight excluding hydrogens is 228 g/mol. The lowest BCUT2D eigenvalue weighted by Gasteiger charge is -2.35. The van der Waals surface area contributed by atoms with Gasteiger partial charge in [0, 0.05) is 0 Å². The standard InChI is InChI=1S/C19H32/c1-9-18(5,6)14-19(7,8)16-12-10-11-15(13-16)17(2,3)4/h10-13H,9,14H2,1-8H3. The van der Waals surface area contributed by atoms with Gasteiger partial charge in [-0.25, -0.2) is 0 Å². The van der Waals surface area contributed by atoms with E-state index in [1.807, 2.05) is 0 Å². The molecular formula is C19H32. The van der Waals surface area contributed by atoms with Crippen molar-refractivity contribution in [2.24, 2.45) is 5.41 Å². The lowest BCUT2D eigenvalue weighted by atomic mass is 9.69.